The third-order valence-electron chi connectivity index (χ3n) is 4.15. The van der Waals surface area contributed by atoms with Crippen LogP contribution in [-0.4, -0.2) is 63.3 Å². The van der Waals surface area contributed by atoms with Crippen molar-refractivity contribution in [2.75, 3.05) is 46.4 Å². The van der Waals surface area contributed by atoms with Gasteiger partial charge in [0.05, 0.1) is 6.10 Å². The average molecular weight is 313 g/mol. The first-order valence-corrected chi connectivity index (χ1v) is 9.08. The standard InChI is InChI=1S/C17H36N4O/c1-4-18-17(20-13-14-21(3)5-2)19-12-9-15-22-16-10-7-6-8-11-16/h16H,4-15H2,1-3H3,(H2,18,19,20). The molecule has 0 atom stereocenters. The van der Waals surface area contributed by atoms with Crippen molar-refractivity contribution in [3.8, 4) is 0 Å². The zero-order valence-electron chi connectivity index (χ0n) is 14.9. The molecule has 2 N–H and O–H groups in total. The molecule has 0 amide bonds. The Morgan fingerprint density at radius 3 is 2.64 bits per heavy atom. The molecule has 0 saturated heterocycles. The van der Waals surface area contributed by atoms with Crippen LogP contribution in [0.5, 0.6) is 0 Å². The highest BCUT2D eigenvalue weighted by Gasteiger charge is 2.12. The van der Waals surface area contributed by atoms with E-state index in [1.165, 1.54) is 32.1 Å². The first-order chi connectivity index (χ1) is 10.8. The summed E-state index contributed by atoms with van der Waals surface area (Å²) in [4.78, 5) is 6.90. The Bertz CT molecular complexity index is 290. The van der Waals surface area contributed by atoms with Gasteiger partial charge < -0.3 is 20.3 Å². The largest absolute Gasteiger partial charge is 0.378 e. The number of hydrogen-bond acceptors (Lipinski definition) is 3. The van der Waals surface area contributed by atoms with Gasteiger partial charge in [-0.1, -0.05) is 26.2 Å². The van der Waals surface area contributed by atoms with E-state index in [0.29, 0.717) is 6.10 Å². The van der Waals surface area contributed by atoms with Gasteiger partial charge in [-0.15, -0.1) is 0 Å². The van der Waals surface area contributed by atoms with Crippen LogP contribution in [0.4, 0.5) is 0 Å². The summed E-state index contributed by atoms with van der Waals surface area (Å²) in [7, 11) is 2.13. The lowest BCUT2D eigenvalue weighted by atomic mass is 9.98. The molecule has 1 saturated carbocycles. The van der Waals surface area contributed by atoms with Gasteiger partial charge in [0.1, 0.15) is 0 Å². The number of aliphatic imine (C=N–C) groups is 1. The van der Waals surface area contributed by atoms with Crippen LogP contribution < -0.4 is 10.6 Å². The topological polar surface area (TPSA) is 48.9 Å². The van der Waals surface area contributed by atoms with E-state index in [2.05, 4.69) is 41.4 Å². The first kappa shape index (κ1) is 19.2. The summed E-state index contributed by atoms with van der Waals surface area (Å²) in [6.07, 6.45) is 8.06. The molecule has 130 valence electrons. The zero-order valence-corrected chi connectivity index (χ0v) is 14.9. The van der Waals surface area contributed by atoms with Crippen LogP contribution in [0, 0.1) is 0 Å². The van der Waals surface area contributed by atoms with Gasteiger partial charge in [-0.05, 0) is 39.8 Å². The van der Waals surface area contributed by atoms with Gasteiger partial charge in [-0.2, -0.15) is 0 Å². The quantitative estimate of drug-likeness (QED) is 0.369. The van der Waals surface area contributed by atoms with E-state index in [4.69, 9.17) is 4.74 Å². The fraction of sp³-hybridized carbons (Fsp3) is 0.941. The van der Waals surface area contributed by atoms with Crippen LogP contribution in [0.25, 0.3) is 0 Å². The van der Waals surface area contributed by atoms with Gasteiger partial charge in [0.2, 0.25) is 0 Å². The summed E-state index contributed by atoms with van der Waals surface area (Å²) in [6.45, 7) is 9.87. The summed E-state index contributed by atoms with van der Waals surface area (Å²) >= 11 is 0. The molecule has 1 aliphatic rings. The number of ether oxygens (including phenoxy) is 1. The van der Waals surface area contributed by atoms with Crippen molar-refractivity contribution in [3.05, 3.63) is 0 Å². The van der Waals surface area contributed by atoms with Crippen molar-refractivity contribution in [1.82, 2.24) is 15.5 Å². The fourth-order valence-electron chi connectivity index (χ4n) is 2.60. The minimum Gasteiger partial charge on any atom is -0.378 e. The normalized spacial score (nSPS) is 17.0. The van der Waals surface area contributed by atoms with E-state index in [9.17, 15) is 0 Å². The molecule has 1 aliphatic carbocycles. The van der Waals surface area contributed by atoms with Crippen LogP contribution >= 0.6 is 0 Å². The maximum atomic E-state index is 5.94. The predicted molar refractivity (Wildman–Crippen MR) is 94.6 cm³/mol. The zero-order chi connectivity index (χ0) is 16.0. The number of hydrogen-bond donors (Lipinski definition) is 2. The van der Waals surface area contributed by atoms with Crippen molar-refractivity contribution < 1.29 is 4.74 Å². The number of nitrogens with zero attached hydrogens (tertiary/aromatic N) is 2. The maximum Gasteiger partial charge on any atom is 0.191 e. The molecule has 0 unspecified atom stereocenters. The minimum absolute atomic E-state index is 0.508. The molecule has 22 heavy (non-hydrogen) atoms. The highest BCUT2D eigenvalue weighted by atomic mass is 16.5. The van der Waals surface area contributed by atoms with Crippen LogP contribution in [0.15, 0.2) is 4.99 Å². The van der Waals surface area contributed by atoms with E-state index in [0.717, 1.165) is 51.7 Å². The number of nitrogens with one attached hydrogen (secondary N) is 2. The Labute approximate surface area is 136 Å². The van der Waals surface area contributed by atoms with E-state index in [1.54, 1.807) is 0 Å². The molecular weight excluding hydrogens is 276 g/mol. The van der Waals surface area contributed by atoms with Crippen LogP contribution in [0.2, 0.25) is 0 Å². The molecule has 0 aliphatic heterocycles. The summed E-state index contributed by atoms with van der Waals surface area (Å²) < 4.78 is 5.94. The molecule has 5 heteroatoms. The molecule has 1 fully saturated rings. The summed E-state index contributed by atoms with van der Waals surface area (Å²) in [6, 6.07) is 0. The van der Waals surface area contributed by atoms with Crippen molar-refractivity contribution >= 4 is 5.96 Å². The second kappa shape index (κ2) is 12.7. The molecule has 0 heterocycles. The lowest BCUT2D eigenvalue weighted by Gasteiger charge is -2.21. The Kier molecular flexibility index (Phi) is 11.1. The molecule has 0 aromatic rings. The Morgan fingerprint density at radius 2 is 1.95 bits per heavy atom. The summed E-state index contributed by atoms with van der Waals surface area (Å²) in [5, 5.41) is 6.68. The minimum atomic E-state index is 0.508. The molecule has 0 spiro atoms. The lowest BCUT2D eigenvalue weighted by molar-refractivity contribution is 0.0281. The maximum absolute atomic E-state index is 5.94. The van der Waals surface area contributed by atoms with Crippen LogP contribution in [0.3, 0.4) is 0 Å². The van der Waals surface area contributed by atoms with Crippen molar-refractivity contribution in [2.24, 2.45) is 4.99 Å². The molecule has 1 rings (SSSR count). The van der Waals surface area contributed by atoms with Crippen molar-refractivity contribution in [3.63, 3.8) is 0 Å². The molecule has 5 nitrogen and oxygen atoms in total. The van der Waals surface area contributed by atoms with Crippen LogP contribution in [-0.2, 0) is 4.74 Å². The monoisotopic (exact) mass is 312 g/mol. The van der Waals surface area contributed by atoms with E-state index < -0.39 is 0 Å². The second-order valence-corrected chi connectivity index (χ2v) is 6.07. The van der Waals surface area contributed by atoms with E-state index >= 15 is 0 Å². The van der Waals surface area contributed by atoms with Gasteiger partial charge in [0.15, 0.2) is 5.96 Å². The summed E-state index contributed by atoms with van der Waals surface area (Å²) in [5.74, 6) is 0.921. The number of rotatable bonds is 10. The summed E-state index contributed by atoms with van der Waals surface area (Å²) in [5.41, 5.74) is 0. The highest BCUT2D eigenvalue weighted by molar-refractivity contribution is 5.79. The van der Waals surface area contributed by atoms with Gasteiger partial charge in [-0.25, -0.2) is 0 Å². The van der Waals surface area contributed by atoms with E-state index in [1.807, 2.05) is 0 Å². The van der Waals surface area contributed by atoms with Gasteiger partial charge >= 0.3 is 0 Å². The Hall–Kier alpha value is -0.810. The predicted octanol–water partition coefficient (Wildman–Crippen LogP) is 2.23. The highest BCUT2D eigenvalue weighted by Crippen LogP contribution is 2.20. The molecular formula is C17H36N4O. The lowest BCUT2D eigenvalue weighted by Crippen LogP contribution is -2.41. The van der Waals surface area contributed by atoms with E-state index in [-0.39, 0.29) is 0 Å². The molecule has 0 aromatic heterocycles. The van der Waals surface area contributed by atoms with Gasteiger partial charge in [-0.3, -0.25) is 4.99 Å². The fourth-order valence-corrected chi connectivity index (χ4v) is 2.60. The first-order valence-electron chi connectivity index (χ1n) is 9.08. The Morgan fingerprint density at radius 1 is 1.18 bits per heavy atom. The van der Waals surface area contributed by atoms with Gasteiger partial charge in [0, 0.05) is 32.8 Å². The van der Waals surface area contributed by atoms with Crippen molar-refractivity contribution in [1.29, 1.82) is 0 Å². The smallest absolute Gasteiger partial charge is 0.191 e. The molecule has 0 aromatic carbocycles. The third kappa shape index (κ3) is 9.26. The second-order valence-electron chi connectivity index (χ2n) is 6.07. The number of likely N-dealkylation sites (N-methyl/N-ethyl adjacent to an activating group) is 1. The average Bonchev–Trinajstić information content (AvgIpc) is 2.55. The third-order valence-corrected chi connectivity index (χ3v) is 4.15. The van der Waals surface area contributed by atoms with Crippen molar-refractivity contribution in [2.45, 2.75) is 58.5 Å². The molecule has 0 radical (unpaired) electrons. The molecule has 0 bridgehead atoms. The number of guanidine groups is 1. The SMILES string of the molecule is CCNC(=NCCCOC1CCCCC1)NCCN(C)CC. The Balaban J connectivity index is 2.12. The van der Waals surface area contributed by atoms with Gasteiger partial charge in [0.25, 0.3) is 0 Å². The van der Waals surface area contributed by atoms with Crippen LogP contribution in [0.1, 0.15) is 52.4 Å².